The minimum absolute atomic E-state index is 0.145. The summed E-state index contributed by atoms with van der Waals surface area (Å²) in [5, 5.41) is 4.42. The third-order valence-electron chi connectivity index (χ3n) is 5.10. The zero-order chi connectivity index (χ0) is 17.5. The van der Waals surface area contributed by atoms with Gasteiger partial charge < -0.3 is 0 Å². The summed E-state index contributed by atoms with van der Waals surface area (Å²) in [7, 11) is 0. The van der Waals surface area contributed by atoms with Gasteiger partial charge in [-0.05, 0) is 23.5 Å². The van der Waals surface area contributed by atoms with Crippen molar-refractivity contribution >= 4 is 11.4 Å². The quantitative estimate of drug-likeness (QED) is 0.547. The largest absolute Gasteiger partial charge is 0.294 e. The highest BCUT2D eigenvalue weighted by molar-refractivity contribution is 5.99. The molecule has 0 bridgehead atoms. The maximum atomic E-state index is 12.7. The molecular weight excluding hydrogens is 322 g/mol. The van der Waals surface area contributed by atoms with E-state index in [2.05, 4.69) is 29.4 Å². The molecule has 0 spiro atoms. The third-order valence-corrected chi connectivity index (χ3v) is 5.10. The lowest BCUT2D eigenvalue weighted by Crippen LogP contribution is -2.21. The zero-order valence-corrected chi connectivity index (χ0v) is 14.2. The summed E-state index contributed by atoms with van der Waals surface area (Å²) in [6, 6.07) is 20.3. The molecule has 0 fully saturated rings. The van der Waals surface area contributed by atoms with Gasteiger partial charge in [-0.1, -0.05) is 60.7 Å². The molecule has 26 heavy (non-hydrogen) atoms. The molecule has 0 radical (unpaired) electrons. The smallest absolute Gasteiger partial charge is 0.166 e. The van der Waals surface area contributed by atoms with Crippen LogP contribution in [-0.4, -0.2) is 20.4 Å². The Morgan fingerprint density at radius 2 is 1.62 bits per heavy atom. The van der Waals surface area contributed by atoms with E-state index in [1.165, 1.54) is 5.56 Å². The third kappa shape index (κ3) is 2.42. The van der Waals surface area contributed by atoms with Gasteiger partial charge in [-0.2, -0.15) is 5.10 Å². The number of carbonyl (C=O) groups is 1. The molecule has 1 atom stereocenters. The van der Waals surface area contributed by atoms with Crippen LogP contribution in [0.25, 0.3) is 16.8 Å². The summed E-state index contributed by atoms with van der Waals surface area (Å²) in [5.41, 5.74) is 5.65. The van der Waals surface area contributed by atoms with E-state index in [0.29, 0.717) is 12.0 Å². The standard InChI is InChI=1S/C22H17N3O/c26-21-12-17(15-7-3-1-4-8-15)11-20-19(21)14-25-22(24-20)18(13-23-25)16-9-5-2-6-10-16/h1-10,13-14,17H,11-12H2. The normalized spacial score (nSPS) is 16.6. The fraction of sp³-hybridized carbons (Fsp3) is 0.136. The van der Waals surface area contributed by atoms with Crippen molar-refractivity contribution in [2.24, 2.45) is 0 Å². The lowest BCUT2D eigenvalue weighted by molar-refractivity contribution is 0.0962. The van der Waals surface area contributed by atoms with Crippen molar-refractivity contribution in [2.45, 2.75) is 18.8 Å². The van der Waals surface area contributed by atoms with Gasteiger partial charge in [-0.15, -0.1) is 0 Å². The predicted octanol–water partition coefficient (Wildman–Crippen LogP) is 4.31. The molecule has 4 nitrogen and oxygen atoms in total. The van der Waals surface area contributed by atoms with Gasteiger partial charge in [-0.25, -0.2) is 9.50 Å². The number of rotatable bonds is 2. The SMILES string of the molecule is O=C1CC(c2ccccc2)Cc2nc3c(-c4ccccc4)cnn3cc21. The van der Waals surface area contributed by atoms with E-state index < -0.39 is 0 Å². The molecule has 2 aromatic heterocycles. The molecule has 126 valence electrons. The van der Waals surface area contributed by atoms with Crippen LogP contribution >= 0.6 is 0 Å². The second-order valence-corrected chi connectivity index (χ2v) is 6.73. The number of nitrogens with zero attached hydrogens (tertiary/aromatic N) is 3. The van der Waals surface area contributed by atoms with Crippen molar-refractivity contribution in [3.8, 4) is 11.1 Å². The maximum absolute atomic E-state index is 12.7. The Hall–Kier alpha value is -3.27. The van der Waals surface area contributed by atoms with Crippen LogP contribution in [0.4, 0.5) is 0 Å². The number of fused-ring (bicyclic) bond motifs is 2. The molecule has 0 aliphatic heterocycles. The monoisotopic (exact) mass is 339 g/mol. The average molecular weight is 339 g/mol. The van der Waals surface area contributed by atoms with Crippen LogP contribution in [0.5, 0.6) is 0 Å². The lowest BCUT2D eigenvalue weighted by Gasteiger charge is -2.23. The molecular formula is C22H17N3O. The second-order valence-electron chi connectivity index (χ2n) is 6.73. The van der Waals surface area contributed by atoms with Crippen molar-refractivity contribution in [3.63, 3.8) is 0 Å². The summed E-state index contributed by atoms with van der Waals surface area (Å²) in [6.07, 6.45) is 4.97. The molecule has 2 aromatic carbocycles. The summed E-state index contributed by atoms with van der Waals surface area (Å²) < 4.78 is 1.72. The Balaban J connectivity index is 1.62. The van der Waals surface area contributed by atoms with Gasteiger partial charge in [0.05, 0.1) is 17.5 Å². The van der Waals surface area contributed by atoms with Gasteiger partial charge in [-0.3, -0.25) is 4.79 Å². The van der Waals surface area contributed by atoms with E-state index in [1.54, 1.807) is 4.52 Å². The van der Waals surface area contributed by atoms with Crippen molar-refractivity contribution in [1.82, 2.24) is 14.6 Å². The number of aromatic nitrogens is 3. The lowest BCUT2D eigenvalue weighted by atomic mass is 9.82. The molecule has 0 amide bonds. The number of hydrogen-bond donors (Lipinski definition) is 0. The van der Waals surface area contributed by atoms with Crippen LogP contribution < -0.4 is 0 Å². The van der Waals surface area contributed by atoms with Crippen LogP contribution in [0.15, 0.2) is 73.1 Å². The van der Waals surface area contributed by atoms with Crippen LogP contribution in [0, 0.1) is 0 Å². The molecule has 0 saturated carbocycles. The van der Waals surface area contributed by atoms with Crippen molar-refractivity contribution < 1.29 is 4.79 Å². The number of benzene rings is 2. The molecule has 0 saturated heterocycles. The van der Waals surface area contributed by atoms with Crippen molar-refractivity contribution in [3.05, 3.63) is 89.9 Å². The minimum Gasteiger partial charge on any atom is -0.294 e. The van der Waals surface area contributed by atoms with Gasteiger partial charge >= 0.3 is 0 Å². The van der Waals surface area contributed by atoms with E-state index >= 15 is 0 Å². The van der Waals surface area contributed by atoms with Crippen molar-refractivity contribution in [2.75, 3.05) is 0 Å². The number of ketones is 1. The minimum atomic E-state index is 0.145. The van der Waals surface area contributed by atoms with Crippen LogP contribution in [0.1, 0.15) is 34.0 Å². The van der Waals surface area contributed by atoms with Gasteiger partial charge in [0, 0.05) is 18.2 Å². The molecule has 4 heteroatoms. The van der Waals surface area contributed by atoms with E-state index in [-0.39, 0.29) is 11.7 Å². The first-order chi connectivity index (χ1) is 12.8. The topological polar surface area (TPSA) is 47.3 Å². The summed E-state index contributed by atoms with van der Waals surface area (Å²) in [5.74, 6) is 0.334. The summed E-state index contributed by atoms with van der Waals surface area (Å²) >= 11 is 0. The summed E-state index contributed by atoms with van der Waals surface area (Å²) in [4.78, 5) is 17.6. The van der Waals surface area contributed by atoms with Crippen LogP contribution in [0.3, 0.4) is 0 Å². The first kappa shape index (κ1) is 15.0. The first-order valence-corrected chi connectivity index (χ1v) is 8.80. The van der Waals surface area contributed by atoms with Gasteiger partial charge in [0.25, 0.3) is 0 Å². The molecule has 0 N–H and O–H groups in total. The molecule has 1 unspecified atom stereocenters. The van der Waals surface area contributed by atoms with Crippen LogP contribution in [-0.2, 0) is 6.42 Å². The van der Waals surface area contributed by atoms with Crippen LogP contribution in [0.2, 0.25) is 0 Å². The molecule has 1 aliphatic carbocycles. The fourth-order valence-electron chi connectivity index (χ4n) is 3.76. The van der Waals surface area contributed by atoms with Gasteiger partial charge in [0.15, 0.2) is 11.4 Å². The highest BCUT2D eigenvalue weighted by Gasteiger charge is 2.28. The maximum Gasteiger partial charge on any atom is 0.166 e. The predicted molar refractivity (Wildman–Crippen MR) is 100 cm³/mol. The summed E-state index contributed by atoms with van der Waals surface area (Å²) in [6.45, 7) is 0. The van der Waals surface area contributed by atoms with E-state index in [9.17, 15) is 4.79 Å². The Morgan fingerprint density at radius 3 is 2.38 bits per heavy atom. The second kappa shape index (κ2) is 5.92. The van der Waals surface area contributed by atoms with Gasteiger partial charge in [0.2, 0.25) is 0 Å². The molecule has 2 heterocycles. The Morgan fingerprint density at radius 1 is 0.885 bits per heavy atom. The Kier molecular flexibility index (Phi) is 3.42. The first-order valence-electron chi connectivity index (χ1n) is 8.80. The highest BCUT2D eigenvalue weighted by atomic mass is 16.1. The number of Topliss-reactive ketones (excluding diaryl/α,β-unsaturated/α-hetero) is 1. The molecule has 1 aliphatic rings. The highest BCUT2D eigenvalue weighted by Crippen LogP contribution is 2.33. The Bertz CT molecular complexity index is 1100. The van der Waals surface area contributed by atoms with E-state index in [4.69, 9.17) is 4.98 Å². The van der Waals surface area contributed by atoms with Crippen molar-refractivity contribution in [1.29, 1.82) is 0 Å². The fourth-order valence-corrected chi connectivity index (χ4v) is 3.76. The number of hydrogen-bond acceptors (Lipinski definition) is 3. The zero-order valence-electron chi connectivity index (χ0n) is 14.2. The average Bonchev–Trinajstić information content (AvgIpc) is 3.11. The van der Waals surface area contributed by atoms with E-state index in [0.717, 1.165) is 28.9 Å². The Labute approximate surface area is 151 Å². The molecule has 5 rings (SSSR count). The number of carbonyl (C=O) groups excluding carboxylic acids is 1. The van der Waals surface area contributed by atoms with E-state index in [1.807, 2.05) is 48.8 Å². The van der Waals surface area contributed by atoms with Gasteiger partial charge in [0.1, 0.15) is 0 Å². The molecule has 4 aromatic rings.